The average molecular weight is 196 g/mol. The highest BCUT2D eigenvalue weighted by Gasteiger charge is 2.62. The van der Waals surface area contributed by atoms with Crippen molar-refractivity contribution < 1.29 is 31.4 Å². The van der Waals surface area contributed by atoms with Crippen molar-refractivity contribution in [3.05, 3.63) is 0 Å². The molecule has 1 nitrogen and oxygen atoms in total. The van der Waals surface area contributed by atoms with Gasteiger partial charge >= 0.3 is 18.3 Å². The van der Waals surface area contributed by atoms with Gasteiger partial charge in [0.1, 0.15) is 0 Å². The molecule has 74 valence electrons. The van der Waals surface area contributed by atoms with Crippen LogP contribution < -0.4 is 0 Å². The normalized spacial score (nSPS) is 14.0. The van der Waals surface area contributed by atoms with Gasteiger partial charge < -0.3 is 5.11 Å². The summed E-state index contributed by atoms with van der Waals surface area (Å²) >= 11 is 0. The third-order valence-electron chi connectivity index (χ3n) is 1.19. The van der Waals surface area contributed by atoms with Gasteiger partial charge in [-0.15, -0.1) is 0 Å². The second-order valence-corrected chi connectivity index (χ2v) is 2.10. The average Bonchev–Trinajstić information content (AvgIpc) is 1.86. The molecular formula is C5H6F6O. The Kier molecular flexibility index (Phi) is 3.37. The molecule has 0 aromatic rings. The molecule has 0 rings (SSSR count). The first-order valence-electron chi connectivity index (χ1n) is 2.90. The first-order chi connectivity index (χ1) is 5.25. The largest absolute Gasteiger partial charge is 0.396 e. The highest BCUT2D eigenvalue weighted by Crippen LogP contribution is 2.40. The predicted molar refractivity (Wildman–Crippen MR) is 27.6 cm³/mol. The van der Waals surface area contributed by atoms with Crippen LogP contribution in [0.5, 0.6) is 0 Å². The fourth-order valence-electron chi connectivity index (χ4n) is 0.467. The second-order valence-electron chi connectivity index (χ2n) is 2.10. The Morgan fingerprint density at radius 1 is 1.08 bits per heavy atom. The molecule has 7 heteroatoms. The van der Waals surface area contributed by atoms with Gasteiger partial charge in [-0.1, -0.05) is 0 Å². The maximum absolute atomic E-state index is 12.1. The van der Waals surface area contributed by atoms with Crippen LogP contribution in [0.2, 0.25) is 0 Å². The summed E-state index contributed by atoms with van der Waals surface area (Å²) < 4.78 is 70.6. The molecule has 0 aliphatic carbocycles. The molecule has 0 atom stereocenters. The lowest BCUT2D eigenvalue weighted by molar-refractivity contribution is -0.267. The smallest absolute Gasteiger partial charge is 0.369 e. The van der Waals surface area contributed by atoms with E-state index < -0.39 is 31.3 Å². The third kappa shape index (κ3) is 2.02. The Balaban J connectivity index is 4.50. The summed E-state index contributed by atoms with van der Waals surface area (Å²) in [6.07, 6.45) is -6.11. The molecule has 0 aliphatic heterocycles. The molecule has 12 heavy (non-hydrogen) atoms. The van der Waals surface area contributed by atoms with Crippen molar-refractivity contribution in [1.29, 1.82) is 0 Å². The van der Waals surface area contributed by atoms with E-state index in [1.165, 1.54) is 0 Å². The van der Waals surface area contributed by atoms with Crippen LogP contribution in [0, 0.1) is 0 Å². The van der Waals surface area contributed by atoms with Gasteiger partial charge in [0.2, 0.25) is 0 Å². The van der Waals surface area contributed by atoms with E-state index in [4.69, 9.17) is 5.11 Å². The Hall–Kier alpha value is -0.460. The number of aliphatic hydroxyl groups is 1. The van der Waals surface area contributed by atoms with E-state index in [-0.39, 0.29) is 0 Å². The van der Waals surface area contributed by atoms with Gasteiger partial charge in [-0.2, -0.15) is 17.6 Å². The number of hydrogen-bond acceptors (Lipinski definition) is 1. The van der Waals surface area contributed by atoms with Gasteiger partial charge in [-0.25, -0.2) is 8.78 Å². The fourth-order valence-corrected chi connectivity index (χ4v) is 0.467. The summed E-state index contributed by atoms with van der Waals surface area (Å²) in [4.78, 5) is 0. The molecule has 0 spiro atoms. The highest BCUT2D eigenvalue weighted by molar-refractivity contribution is 4.86. The van der Waals surface area contributed by atoms with Crippen molar-refractivity contribution in [3.8, 4) is 0 Å². The number of aliphatic hydroxyl groups excluding tert-OH is 1. The first-order valence-corrected chi connectivity index (χ1v) is 2.90. The fraction of sp³-hybridized carbons (Fsp3) is 1.00. The van der Waals surface area contributed by atoms with Gasteiger partial charge in [0.25, 0.3) is 0 Å². The van der Waals surface area contributed by atoms with Gasteiger partial charge in [0.05, 0.1) is 0 Å². The summed E-state index contributed by atoms with van der Waals surface area (Å²) in [6, 6.07) is 0. The Labute approximate surface area is 64.0 Å². The van der Waals surface area contributed by atoms with Crippen molar-refractivity contribution >= 4 is 0 Å². The number of alkyl halides is 6. The van der Waals surface area contributed by atoms with E-state index in [0.29, 0.717) is 0 Å². The number of rotatable bonds is 4. The van der Waals surface area contributed by atoms with E-state index in [0.717, 1.165) is 0 Å². The molecular weight excluding hydrogens is 190 g/mol. The molecule has 0 radical (unpaired) electrons. The molecule has 0 aromatic carbocycles. The SMILES string of the molecule is OCCC(F)(F)C(F)(F)C(F)F. The highest BCUT2D eigenvalue weighted by atomic mass is 19.3. The molecule has 0 saturated heterocycles. The monoisotopic (exact) mass is 196 g/mol. The quantitative estimate of drug-likeness (QED) is 0.681. The molecule has 0 bridgehead atoms. The number of halogens is 6. The summed E-state index contributed by atoms with van der Waals surface area (Å²) in [5.74, 6) is -10.2. The van der Waals surface area contributed by atoms with Crippen molar-refractivity contribution in [3.63, 3.8) is 0 Å². The van der Waals surface area contributed by atoms with E-state index >= 15 is 0 Å². The molecule has 0 heterocycles. The van der Waals surface area contributed by atoms with Crippen LogP contribution in [0.4, 0.5) is 26.3 Å². The lowest BCUT2D eigenvalue weighted by Crippen LogP contribution is -2.46. The van der Waals surface area contributed by atoms with Crippen LogP contribution in [0.15, 0.2) is 0 Å². The van der Waals surface area contributed by atoms with E-state index in [1.54, 1.807) is 0 Å². The summed E-state index contributed by atoms with van der Waals surface area (Å²) in [6.45, 7) is -1.27. The van der Waals surface area contributed by atoms with Gasteiger partial charge in [0.15, 0.2) is 0 Å². The van der Waals surface area contributed by atoms with Crippen molar-refractivity contribution in [2.75, 3.05) is 6.61 Å². The summed E-state index contributed by atoms with van der Waals surface area (Å²) in [5.41, 5.74) is 0. The minimum absolute atomic E-state index is 1.27. The molecule has 0 saturated carbocycles. The van der Waals surface area contributed by atoms with Crippen LogP contribution in [-0.4, -0.2) is 30.0 Å². The topological polar surface area (TPSA) is 20.2 Å². The van der Waals surface area contributed by atoms with E-state index in [2.05, 4.69) is 0 Å². The molecule has 0 amide bonds. The Bertz CT molecular complexity index is 145. The van der Waals surface area contributed by atoms with Crippen LogP contribution in [0.25, 0.3) is 0 Å². The van der Waals surface area contributed by atoms with Gasteiger partial charge in [0, 0.05) is 13.0 Å². The zero-order chi connectivity index (χ0) is 9.99. The molecule has 0 unspecified atom stereocenters. The standard InChI is InChI=1S/C5H6F6O/c6-3(7)5(10,11)4(8,9)1-2-12/h3,12H,1-2H2. The van der Waals surface area contributed by atoms with Crippen LogP contribution in [-0.2, 0) is 0 Å². The zero-order valence-corrected chi connectivity index (χ0v) is 5.71. The van der Waals surface area contributed by atoms with Crippen LogP contribution >= 0.6 is 0 Å². The Morgan fingerprint density at radius 3 is 1.75 bits per heavy atom. The lowest BCUT2D eigenvalue weighted by atomic mass is 10.1. The lowest BCUT2D eigenvalue weighted by Gasteiger charge is -2.24. The minimum atomic E-state index is -5.38. The minimum Gasteiger partial charge on any atom is -0.396 e. The predicted octanol–water partition coefficient (Wildman–Crippen LogP) is 1.90. The molecule has 0 fully saturated rings. The van der Waals surface area contributed by atoms with Crippen LogP contribution in [0.3, 0.4) is 0 Å². The molecule has 0 aromatic heterocycles. The maximum Gasteiger partial charge on any atom is 0.369 e. The molecule has 1 N–H and O–H groups in total. The maximum atomic E-state index is 12.1. The second kappa shape index (κ2) is 3.51. The van der Waals surface area contributed by atoms with Crippen molar-refractivity contribution in [2.24, 2.45) is 0 Å². The summed E-state index contributed by atoms with van der Waals surface area (Å²) in [7, 11) is 0. The van der Waals surface area contributed by atoms with Crippen molar-refractivity contribution in [2.45, 2.75) is 24.7 Å². The van der Waals surface area contributed by atoms with E-state index in [9.17, 15) is 26.3 Å². The van der Waals surface area contributed by atoms with Gasteiger partial charge in [-0.05, 0) is 0 Å². The third-order valence-corrected chi connectivity index (χ3v) is 1.19. The number of hydrogen-bond donors (Lipinski definition) is 1. The zero-order valence-electron chi connectivity index (χ0n) is 5.71. The first kappa shape index (κ1) is 11.5. The summed E-state index contributed by atoms with van der Waals surface area (Å²) in [5, 5.41) is 7.89. The Morgan fingerprint density at radius 2 is 1.50 bits per heavy atom. The van der Waals surface area contributed by atoms with Crippen molar-refractivity contribution in [1.82, 2.24) is 0 Å². The van der Waals surface area contributed by atoms with Gasteiger partial charge in [-0.3, -0.25) is 0 Å². The van der Waals surface area contributed by atoms with E-state index in [1.807, 2.05) is 0 Å². The molecule has 0 aliphatic rings. The van der Waals surface area contributed by atoms with Crippen LogP contribution in [0.1, 0.15) is 6.42 Å².